The number of rotatable bonds is 8. The van der Waals surface area contributed by atoms with Crippen molar-refractivity contribution in [2.24, 2.45) is 0 Å². The van der Waals surface area contributed by atoms with Crippen LogP contribution in [-0.4, -0.2) is 32.4 Å². The number of thiophene rings is 1. The molecule has 0 bridgehead atoms. The van der Waals surface area contributed by atoms with Crippen molar-refractivity contribution in [2.45, 2.75) is 38.6 Å². The van der Waals surface area contributed by atoms with E-state index in [0.29, 0.717) is 28.3 Å². The second-order valence-corrected chi connectivity index (χ2v) is 8.48. The van der Waals surface area contributed by atoms with Gasteiger partial charge in [-0.2, -0.15) is 4.31 Å². The lowest BCUT2D eigenvalue weighted by Gasteiger charge is -2.17. The summed E-state index contributed by atoms with van der Waals surface area (Å²) in [6.07, 6.45) is 1.07. The van der Waals surface area contributed by atoms with E-state index in [1.54, 1.807) is 6.07 Å². The van der Waals surface area contributed by atoms with Crippen LogP contribution in [0.3, 0.4) is 0 Å². The molecule has 0 atom stereocenters. The molecule has 0 fully saturated rings. The Hall–Kier alpha value is 0.0500. The Morgan fingerprint density at radius 1 is 1.32 bits per heavy atom. The van der Waals surface area contributed by atoms with Crippen molar-refractivity contribution in [3.05, 3.63) is 14.7 Å². The van der Waals surface area contributed by atoms with Gasteiger partial charge in [-0.3, -0.25) is 0 Å². The van der Waals surface area contributed by atoms with Crippen molar-refractivity contribution in [1.29, 1.82) is 0 Å². The molecule has 0 saturated heterocycles. The lowest BCUT2D eigenvalue weighted by Crippen LogP contribution is -2.30. The van der Waals surface area contributed by atoms with Gasteiger partial charge in [0.1, 0.15) is 4.90 Å². The van der Waals surface area contributed by atoms with Crippen LogP contribution >= 0.6 is 27.3 Å². The normalized spacial score (nSPS) is 12.3. The number of hydrogen-bond acceptors (Lipinski definition) is 4. The predicted octanol–water partition coefficient (Wildman–Crippen LogP) is 3.04. The Labute approximate surface area is 128 Å². The van der Waals surface area contributed by atoms with Gasteiger partial charge in [0.05, 0.1) is 3.79 Å². The molecule has 110 valence electrons. The van der Waals surface area contributed by atoms with Crippen molar-refractivity contribution < 1.29 is 8.42 Å². The van der Waals surface area contributed by atoms with Gasteiger partial charge < -0.3 is 5.32 Å². The molecule has 0 aliphatic heterocycles. The van der Waals surface area contributed by atoms with Gasteiger partial charge in [0.2, 0.25) is 10.0 Å². The minimum absolute atomic E-state index is 0.384. The van der Waals surface area contributed by atoms with Crippen LogP contribution in [0, 0.1) is 0 Å². The first-order valence-electron chi connectivity index (χ1n) is 6.46. The van der Waals surface area contributed by atoms with E-state index in [2.05, 4.69) is 28.2 Å². The van der Waals surface area contributed by atoms with Crippen LogP contribution in [0.1, 0.15) is 32.1 Å². The van der Waals surface area contributed by atoms with Gasteiger partial charge in [0.15, 0.2) is 0 Å². The van der Waals surface area contributed by atoms with E-state index in [9.17, 15) is 8.42 Å². The Balaban J connectivity index is 2.95. The summed E-state index contributed by atoms with van der Waals surface area (Å²) in [6, 6.07) is 1.77. The van der Waals surface area contributed by atoms with E-state index in [-0.39, 0.29) is 0 Å². The summed E-state index contributed by atoms with van der Waals surface area (Å²) in [6.45, 7) is 8.44. The fourth-order valence-corrected chi connectivity index (χ4v) is 5.81. The van der Waals surface area contributed by atoms with Crippen LogP contribution in [0.5, 0.6) is 0 Å². The van der Waals surface area contributed by atoms with Crippen LogP contribution in [0.25, 0.3) is 0 Å². The van der Waals surface area contributed by atoms with E-state index in [4.69, 9.17) is 0 Å². The molecule has 1 N–H and O–H groups in total. The zero-order chi connectivity index (χ0) is 14.5. The highest BCUT2D eigenvalue weighted by atomic mass is 79.9. The van der Waals surface area contributed by atoms with Gasteiger partial charge in [0.25, 0.3) is 0 Å². The highest BCUT2D eigenvalue weighted by Crippen LogP contribution is 2.33. The Morgan fingerprint density at radius 3 is 2.47 bits per heavy atom. The average molecular weight is 369 g/mol. The molecule has 1 aromatic rings. The fourth-order valence-electron chi connectivity index (χ4n) is 1.75. The molecule has 0 aliphatic carbocycles. The second-order valence-electron chi connectivity index (χ2n) is 4.12. The highest BCUT2D eigenvalue weighted by Gasteiger charge is 2.26. The first-order valence-corrected chi connectivity index (χ1v) is 9.51. The highest BCUT2D eigenvalue weighted by molar-refractivity contribution is 9.11. The van der Waals surface area contributed by atoms with Crippen LogP contribution in [0.4, 0.5) is 0 Å². The largest absolute Gasteiger partial charge is 0.312 e. The van der Waals surface area contributed by atoms with Gasteiger partial charge in [0, 0.05) is 24.5 Å². The topological polar surface area (TPSA) is 49.4 Å². The second kappa shape index (κ2) is 7.73. The quantitative estimate of drug-likeness (QED) is 0.717. The third-order valence-corrected chi connectivity index (χ3v) is 7.06. The molecule has 0 radical (unpaired) electrons. The Morgan fingerprint density at radius 2 is 1.95 bits per heavy atom. The molecule has 4 nitrogen and oxygen atoms in total. The van der Waals surface area contributed by atoms with Crippen molar-refractivity contribution in [2.75, 3.05) is 19.6 Å². The van der Waals surface area contributed by atoms with Crippen molar-refractivity contribution in [3.63, 3.8) is 0 Å². The van der Waals surface area contributed by atoms with Crippen LogP contribution in [0.15, 0.2) is 14.7 Å². The molecule has 0 saturated carbocycles. The van der Waals surface area contributed by atoms with E-state index in [1.165, 1.54) is 15.6 Å². The SMILES string of the molecule is CCCNCc1cc(S(=O)(=O)N(CC)CC)c(Br)s1. The standard InChI is InChI=1S/C12H21BrN2O2S2/c1-4-7-14-9-10-8-11(12(13)18-10)19(16,17)15(5-2)6-3/h8,14H,4-7,9H2,1-3H3. The molecule has 0 aromatic carbocycles. The summed E-state index contributed by atoms with van der Waals surface area (Å²) in [5, 5.41) is 3.28. The van der Waals surface area contributed by atoms with Gasteiger partial charge in [-0.05, 0) is 35.0 Å². The maximum Gasteiger partial charge on any atom is 0.245 e. The predicted molar refractivity (Wildman–Crippen MR) is 84.1 cm³/mol. The summed E-state index contributed by atoms with van der Waals surface area (Å²) in [7, 11) is -3.37. The molecular weight excluding hydrogens is 348 g/mol. The molecule has 0 aliphatic rings. The molecule has 0 unspecified atom stereocenters. The lowest BCUT2D eigenvalue weighted by atomic mass is 10.4. The van der Waals surface area contributed by atoms with Crippen LogP contribution in [0.2, 0.25) is 0 Å². The third-order valence-electron chi connectivity index (χ3n) is 2.76. The zero-order valence-corrected chi connectivity index (χ0v) is 14.8. The molecule has 19 heavy (non-hydrogen) atoms. The summed E-state index contributed by atoms with van der Waals surface area (Å²) in [5.74, 6) is 0. The molecular formula is C12H21BrN2O2S2. The Bertz CT molecular complexity index is 496. The number of halogens is 1. The first-order chi connectivity index (χ1) is 8.97. The van der Waals surface area contributed by atoms with Crippen LogP contribution < -0.4 is 5.32 Å². The third kappa shape index (κ3) is 4.26. The summed E-state index contributed by atoms with van der Waals surface area (Å²) >= 11 is 4.85. The molecule has 0 spiro atoms. The van der Waals surface area contributed by atoms with Crippen molar-refractivity contribution in [1.82, 2.24) is 9.62 Å². The fraction of sp³-hybridized carbons (Fsp3) is 0.667. The number of sulfonamides is 1. The Kier molecular flexibility index (Phi) is 6.96. The summed E-state index contributed by atoms with van der Waals surface area (Å²) < 4.78 is 27.0. The van der Waals surface area contributed by atoms with Gasteiger partial charge >= 0.3 is 0 Å². The van der Waals surface area contributed by atoms with Crippen LogP contribution in [-0.2, 0) is 16.6 Å². The first kappa shape index (κ1) is 17.1. The van der Waals surface area contributed by atoms with Gasteiger partial charge in [-0.25, -0.2) is 8.42 Å². The maximum absolute atomic E-state index is 12.4. The van der Waals surface area contributed by atoms with Gasteiger partial charge in [-0.15, -0.1) is 11.3 Å². The minimum Gasteiger partial charge on any atom is -0.312 e. The van der Waals surface area contributed by atoms with E-state index < -0.39 is 10.0 Å². The molecule has 1 aromatic heterocycles. The van der Waals surface area contributed by atoms with E-state index in [1.807, 2.05) is 13.8 Å². The van der Waals surface area contributed by atoms with Crippen molar-refractivity contribution in [3.8, 4) is 0 Å². The number of nitrogens with one attached hydrogen (secondary N) is 1. The molecule has 1 rings (SSSR count). The molecule has 0 amide bonds. The number of hydrogen-bond donors (Lipinski definition) is 1. The summed E-state index contributed by atoms with van der Waals surface area (Å²) in [5.41, 5.74) is 0. The lowest BCUT2D eigenvalue weighted by molar-refractivity contribution is 0.445. The van der Waals surface area contributed by atoms with Crippen molar-refractivity contribution >= 4 is 37.3 Å². The molecule has 7 heteroatoms. The number of nitrogens with zero attached hydrogens (tertiary/aromatic N) is 1. The molecule has 1 heterocycles. The van der Waals surface area contributed by atoms with E-state index >= 15 is 0 Å². The monoisotopic (exact) mass is 368 g/mol. The van der Waals surface area contributed by atoms with Gasteiger partial charge in [-0.1, -0.05) is 20.8 Å². The minimum atomic E-state index is -3.37. The van der Waals surface area contributed by atoms with E-state index in [0.717, 1.165) is 17.8 Å². The zero-order valence-electron chi connectivity index (χ0n) is 11.6. The smallest absolute Gasteiger partial charge is 0.245 e. The average Bonchev–Trinajstić information content (AvgIpc) is 2.73. The maximum atomic E-state index is 12.4. The summed E-state index contributed by atoms with van der Waals surface area (Å²) in [4.78, 5) is 1.42.